The summed E-state index contributed by atoms with van der Waals surface area (Å²) in [4.78, 5) is 2.36. The maximum atomic E-state index is 9.25. The molecule has 0 spiro atoms. The summed E-state index contributed by atoms with van der Waals surface area (Å²) in [6.07, 6.45) is 6.43. The molecule has 0 saturated heterocycles. The molecule has 1 saturated carbocycles. The van der Waals surface area contributed by atoms with Gasteiger partial charge in [-0.15, -0.1) is 0 Å². The number of hydrogen-bond acceptors (Lipinski definition) is 3. The number of rotatable bonds is 7. The highest BCUT2D eigenvalue weighted by Crippen LogP contribution is 2.28. The van der Waals surface area contributed by atoms with Crippen LogP contribution in [0, 0.1) is 0 Å². The van der Waals surface area contributed by atoms with Gasteiger partial charge in [-0.1, -0.05) is 30.9 Å². The minimum atomic E-state index is 0.209. The van der Waals surface area contributed by atoms with E-state index in [1.807, 2.05) is 18.2 Å². The Balaban J connectivity index is 1.83. The van der Waals surface area contributed by atoms with E-state index in [1.165, 1.54) is 32.1 Å². The van der Waals surface area contributed by atoms with E-state index in [0.29, 0.717) is 17.7 Å². The van der Waals surface area contributed by atoms with E-state index < -0.39 is 0 Å². The van der Waals surface area contributed by atoms with Crippen LogP contribution in [-0.2, 0) is 0 Å². The fourth-order valence-corrected chi connectivity index (χ4v) is 3.71. The Morgan fingerprint density at radius 2 is 2.00 bits per heavy atom. The van der Waals surface area contributed by atoms with Crippen molar-refractivity contribution in [2.24, 2.45) is 0 Å². The van der Waals surface area contributed by atoms with E-state index in [1.54, 1.807) is 0 Å². The molecule has 0 aliphatic heterocycles. The second-order valence-corrected chi connectivity index (χ2v) is 6.77. The minimum absolute atomic E-state index is 0.209. The van der Waals surface area contributed by atoms with Gasteiger partial charge in [0.25, 0.3) is 0 Å². The Morgan fingerprint density at radius 3 is 2.67 bits per heavy atom. The van der Waals surface area contributed by atoms with E-state index in [0.717, 1.165) is 23.3 Å². The van der Waals surface area contributed by atoms with Gasteiger partial charge in [0.2, 0.25) is 0 Å². The lowest BCUT2D eigenvalue weighted by molar-refractivity contribution is 0.106. The number of ether oxygens (including phenoxy) is 1. The van der Waals surface area contributed by atoms with Gasteiger partial charge in [-0.25, -0.2) is 0 Å². The maximum Gasteiger partial charge on any atom is 0.133 e. The van der Waals surface area contributed by atoms with Crippen LogP contribution < -0.4 is 4.74 Å². The Hall–Kier alpha value is -0.290. The summed E-state index contributed by atoms with van der Waals surface area (Å²) in [6, 6.07) is 6.14. The SMILES string of the molecule is OCCN(CCOc1ccc(Cl)cc1Br)C1CCCCC1. The largest absolute Gasteiger partial charge is 0.491 e. The molecule has 0 atom stereocenters. The Morgan fingerprint density at radius 1 is 1.24 bits per heavy atom. The summed E-state index contributed by atoms with van der Waals surface area (Å²) in [6.45, 7) is 2.41. The summed E-state index contributed by atoms with van der Waals surface area (Å²) in [5.41, 5.74) is 0. The third kappa shape index (κ3) is 5.44. The van der Waals surface area contributed by atoms with Crippen LogP contribution in [0.2, 0.25) is 5.02 Å². The zero-order chi connectivity index (χ0) is 15.1. The number of aliphatic hydroxyl groups excluding tert-OH is 1. The molecule has 1 fully saturated rings. The summed E-state index contributed by atoms with van der Waals surface area (Å²) >= 11 is 9.38. The van der Waals surface area contributed by atoms with Gasteiger partial charge >= 0.3 is 0 Å². The molecule has 0 unspecified atom stereocenters. The van der Waals surface area contributed by atoms with Crippen LogP contribution in [0.4, 0.5) is 0 Å². The van der Waals surface area contributed by atoms with Crippen molar-refractivity contribution in [2.45, 2.75) is 38.1 Å². The number of nitrogens with zero attached hydrogens (tertiary/aromatic N) is 1. The molecule has 21 heavy (non-hydrogen) atoms. The van der Waals surface area contributed by atoms with Crippen LogP contribution >= 0.6 is 27.5 Å². The smallest absolute Gasteiger partial charge is 0.133 e. The van der Waals surface area contributed by atoms with Crippen molar-refractivity contribution in [3.05, 3.63) is 27.7 Å². The Kier molecular flexibility index (Phi) is 7.30. The van der Waals surface area contributed by atoms with Crippen molar-refractivity contribution in [3.63, 3.8) is 0 Å². The molecule has 1 aliphatic carbocycles. The number of benzene rings is 1. The van der Waals surface area contributed by atoms with E-state index in [2.05, 4.69) is 20.8 Å². The van der Waals surface area contributed by atoms with E-state index >= 15 is 0 Å². The van der Waals surface area contributed by atoms with Crippen molar-refractivity contribution >= 4 is 27.5 Å². The Bertz CT molecular complexity index is 438. The van der Waals surface area contributed by atoms with Crippen LogP contribution in [0.3, 0.4) is 0 Å². The molecule has 3 nitrogen and oxygen atoms in total. The lowest BCUT2D eigenvalue weighted by atomic mass is 9.94. The minimum Gasteiger partial charge on any atom is -0.491 e. The predicted octanol–water partition coefficient (Wildman–Crippen LogP) is 4.11. The summed E-state index contributed by atoms with van der Waals surface area (Å²) < 4.78 is 6.71. The van der Waals surface area contributed by atoms with Crippen molar-refractivity contribution in [1.82, 2.24) is 4.90 Å². The lowest BCUT2D eigenvalue weighted by Crippen LogP contribution is -2.41. The maximum absolute atomic E-state index is 9.25. The first kappa shape index (κ1) is 17.1. The standard InChI is InChI=1S/C16H23BrClNO2/c17-15-12-13(18)6-7-16(15)21-11-9-19(8-10-20)14-4-2-1-3-5-14/h6-7,12,14,20H,1-5,8-11H2. The fraction of sp³-hybridized carbons (Fsp3) is 0.625. The third-order valence-electron chi connectivity index (χ3n) is 4.01. The van der Waals surface area contributed by atoms with Gasteiger partial charge in [0, 0.05) is 24.2 Å². The molecular weight excluding hydrogens is 354 g/mol. The fourth-order valence-electron chi connectivity index (χ4n) is 2.92. The molecule has 0 amide bonds. The zero-order valence-corrected chi connectivity index (χ0v) is 14.6. The number of aliphatic hydroxyl groups is 1. The van der Waals surface area contributed by atoms with Crippen LogP contribution in [-0.4, -0.2) is 42.4 Å². The summed E-state index contributed by atoms with van der Waals surface area (Å²) in [5, 5.41) is 9.95. The average molecular weight is 377 g/mol. The summed E-state index contributed by atoms with van der Waals surface area (Å²) in [5.74, 6) is 0.812. The molecule has 0 radical (unpaired) electrons. The number of halogens is 2. The molecule has 1 aliphatic rings. The molecule has 0 heterocycles. The lowest BCUT2D eigenvalue weighted by Gasteiger charge is -2.33. The van der Waals surface area contributed by atoms with Crippen molar-refractivity contribution in [2.75, 3.05) is 26.3 Å². The second kappa shape index (κ2) is 8.99. The van der Waals surface area contributed by atoms with E-state index in [4.69, 9.17) is 16.3 Å². The highest BCUT2D eigenvalue weighted by molar-refractivity contribution is 9.10. The van der Waals surface area contributed by atoms with Gasteiger partial charge in [0.1, 0.15) is 12.4 Å². The highest BCUT2D eigenvalue weighted by atomic mass is 79.9. The normalized spacial score (nSPS) is 16.4. The van der Waals surface area contributed by atoms with Gasteiger partial charge in [-0.2, -0.15) is 0 Å². The van der Waals surface area contributed by atoms with Gasteiger partial charge in [0.15, 0.2) is 0 Å². The average Bonchev–Trinajstić information content (AvgIpc) is 2.49. The van der Waals surface area contributed by atoms with Crippen molar-refractivity contribution < 1.29 is 9.84 Å². The number of hydrogen-bond donors (Lipinski definition) is 1. The molecule has 2 rings (SSSR count). The second-order valence-electron chi connectivity index (χ2n) is 5.47. The van der Waals surface area contributed by atoms with Crippen LogP contribution in [0.5, 0.6) is 5.75 Å². The van der Waals surface area contributed by atoms with Gasteiger partial charge in [-0.05, 0) is 47.0 Å². The highest BCUT2D eigenvalue weighted by Gasteiger charge is 2.20. The van der Waals surface area contributed by atoms with Gasteiger partial charge in [-0.3, -0.25) is 4.90 Å². The summed E-state index contributed by atoms with van der Waals surface area (Å²) in [7, 11) is 0. The Labute approximate surface area is 140 Å². The third-order valence-corrected chi connectivity index (χ3v) is 4.86. The molecule has 5 heteroatoms. The first-order valence-electron chi connectivity index (χ1n) is 7.63. The molecule has 0 bridgehead atoms. The molecule has 118 valence electrons. The molecule has 1 N–H and O–H groups in total. The molecule has 1 aromatic rings. The first-order chi connectivity index (χ1) is 10.2. The van der Waals surface area contributed by atoms with Crippen molar-refractivity contribution in [3.8, 4) is 5.75 Å². The topological polar surface area (TPSA) is 32.7 Å². The van der Waals surface area contributed by atoms with Gasteiger partial charge in [0.05, 0.1) is 11.1 Å². The predicted molar refractivity (Wildman–Crippen MR) is 90.2 cm³/mol. The van der Waals surface area contributed by atoms with Crippen LogP contribution in [0.15, 0.2) is 22.7 Å². The van der Waals surface area contributed by atoms with Crippen molar-refractivity contribution in [1.29, 1.82) is 0 Å². The molecule has 0 aromatic heterocycles. The van der Waals surface area contributed by atoms with Crippen LogP contribution in [0.25, 0.3) is 0 Å². The molecular formula is C16H23BrClNO2. The van der Waals surface area contributed by atoms with E-state index in [9.17, 15) is 5.11 Å². The first-order valence-corrected chi connectivity index (χ1v) is 8.80. The van der Waals surface area contributed by atoms with E-state index in [-0.39, 0.29) is 6.61 Å². The molecule has 1 aromatic carbocycles. The van der Waals surface area contributed by atoms with Crippen LogP contribution in [0.1, 0.15) is 32.1 Å². The van der Waals surface area contributed by atoms with Gasteiger partial charge < -0.3 is 9.84 Å². The zero-order valence-electron chi connectivity index (χ0n) is 12.2. The monoisotopic (exact) mass is 375 g/mol. The quantitative estimate of drug-likeness (QED) is 0.777.